The Hall–Kier alpha value is -3.21. The summed E-state index contributed by atoms with van der Waals surface area (Å²) in [5, 5.41) is 3.45. The molecule has 0 unspecified atom stereocenters. The van der Waals surface area contributed by atoms with Crippen molar-refractivity contribution in [3.8, 4) is 0 Å². The van der Waals surface area contributed by atoms with Crippen molar-refractivity contribution < 1.29 is 17.2 Å². The SMILES string of the molecule is CC1(C)C(N)=N[C@](C)(c2cc(Nc3nccc4cc(F)cnc34)ncc2F)CS1(=O)=O. The zero-order chi connectivity index (χ0) is 22.6. The summed E-state index contributed by atoms with van der Waals surface area (Å²) in [7, 11) is -3.71. The molecular weight excluding hydrogens is 426 g/mol. The van der Waals surface area contributed by atoms with E-state index >= 15 is 0 Å². The molecule has 0 saturated carbocycles. The van der Waals surface area contributed by atoms with E-state index in [1.807, 2.05) is 0 Å². The van der Waals surface area contributed by atoms with Gasteiger partial charge in [0.15, 0.2) is 15.7 Å². The van der Waals surface area contributed by atoms with Crippen LogP contribution < -0.4 is 11.1 Å². The number of nitrogens with one attached hydrogen (secondary N) is 1. The van der Waals surface area contributed by atoms with Crippen LogP contribution in [0.4, 0.5) is 20.4 Å². The summed E-state index contributed by atoms with van der Waals surface area (Å²) in [6.45, 7) is 4.45. The van der Waals surface area contributed by atoms with E-state index in [4.69, 9.17) is 5.73 Å². The third-order valence-electron chi connectivity index (χ3n) is 5.48. The molecule has 4 rings (SSSR count). The van der Waals surface area contributed by atoms with Crippen LogP contribution in [0.5, 0.6) is 0 Å². The van der Waals surface area contributed by atoms with Crippen molar-refractivity contribution in [2.24, 2.45) is 10.7 Å². The van der Waals surface area contributed by atoms with E-state index in [-0.39, 0.29) is 23.0 Å². The molecule has 0 spiro atoms. The molecule has 1 aliphatic rings. The van der Waals surface area contributed by atoms with Gasteiger partial charge in [-0.25, -0.2) is 32.2 Å². The van der Waals surface area contributed by atoms with Gasteiger partial charge in [0.25, 0.3) is 0 Å². The molecule has 0 saturated heterocycles. The van der Waals surface area contributed by atoms with E-state index in [1.165, 1.54) is 39.1 Å². The smallest absolute Gasteiger partial charge is 0.165 e. The molecule has 0 amide bonds. The molecule has 31 heavy (non-hydrogen) atoms. The lowest BCUT2D eigenvalue weighted by Gasteiger charge is -2.37. The second-order valence-corrected chi connectivity index (χ2v) is 10.6. The Labute approximate surface area is 177 Å². The summed E-state index contributed by atoms with van der Waals surface area (Å²) in [6, 6.07) is 4.28. The number of nitrogens with two attached hydrogens (primary N) is 1. The highest BCUT2D eigenvalue weighted by molar-refractivity contribution is 7.93. The molecule has 8 nitrogen and oxygen atoms in total. The van der Waals surface area contributed by atoms with E-state index in [1.54, 1.807) is 6.07 Å². The number of fused-ring (bicyclic) bond motifs is 1. The van der Waals surface area contributed by atoms with Gasteiger partial charge >= 0.3 is 0 Å². The molecule has 3 aromatic rings. The van der Waals surface area contributed by atoms with Crippen LogP contribution in [0.15, 0.2) is 41.8 Å². The zero-order valence-electron chi connectivity index (χ0n) is 17.0. The van der Waals surface area contributed by atoms with Crippen LogP contribution in [0.3, 0.4) is 0 Å². The first-order chi connectivity index (χ1) is 14.4. The fourth-order valence-corrected chi connectivity index (χ4v) is 5.13. The summed E-state index contributed by atoms with van der Waals surface area (Å²) in [4.78, 5) is 16.6. The molecule has 11 heteroatoms. The minimum Gasteiger partial charge on any atom is -0.386 e. The van der Waals surface area contributed by atoms with Crippen LogP contribution in [-0.4, -0.2) is 39.7 Å². The summed E-state index contributed by atoms with van der Waals surface area (Å²) in [6.07, 6.45) is 3.50. The predicted octanol–water partition coefficient (Wildman–Crippen LogP) is 2.83. The Kier molecular flexibility index (Phi) is 4.69. The Bertz CT molecular complexity index is 1340. The maximum atomic E-state index is 14.7. The van der Waals surface area contributed by atoms with Gasteiger partial charge in [-0.1, -0.05) is 0 Å². The Morgan fingerprint density at radius 3 is 2.55 bits per heavy atom. The third kappa shape index (κ3) is 3.48. The number of anilines is 2. The highest BCUT2D eigenvalue weighted by Crippen LogP contribution is 2.38. The highest BCUT2D eigenvalue weighted by atomic mass is 32.2. The van der Waals surface area contributed by atoms with Gasteiger partial charge in [0.2, 0.25) is 0 Å². The van der Waals surface area contributed by atoms with Crippen molar-refractivity contribution in [1.29, 1.82) is 0 Å². The first-order valence-electron chi connectivity index (χ1n) is 9.34. The van der Waals surface area contributed by atoms with Crippen molar-refractivity contribution in [2.45, 2.75) is 31.1 Å². The second-order valence-electron chi connectivity index (χ2n) is 8.10. The van der Waals surface area contributed by atoms with Gasteiger partial charge in [0.05, 0.1) is 18.1 Å². The topological polar surface area (TPSA) is 123 Å². The molecular formula is C20H20F2N6O2S. The second kappa shape index (κ2) is 6.91. The van der Waals surface area contributed by atoms with Gasteiger partial charge in [-0.15, -0.1) is 0 Å². The minimum absolute atomic E-state index is 0.0197. The van der Waals surface area contributed by atoms with Crippen LogP contribution >= 0.6 is 0 Å². The Balaban J connectivity index is 1.78. The number of pyridine rings is 3. The summed E-state index contributed by atoms with van der Waals surface area (Å²) in [5.41, 5.74) is 4.94. The largest absolute Gasteiger partial charge is 0.386 e. The zero-order valence-corrected chi connectivity index (χ0v) is 17.8. The molecule has 4 heterocycles. The van der Waals surface area contributed by atoms with Crippen molar-refractivity contribution in [3.63, 3.8) is 0 Å². The van der Waals surface area contributed by atoms with Gasteiger partial charge in [0.1, 0.15) is 39.1 Å². The highest BCUT2D eigenvalue weighted by Gasteiger charge is 2.49. The van der Waals surface area contributed by atoms with Crippen molar-refractivity contribution in [2.75, 3.05) is 11.1 Å². The normalized spacial score (nSPS) is 22.2. The minimum atomic E-state index is -3.71. The average Bonchev–Trinajstić information content (AvgIpc) is 2.67. The van der Waals surface area contributed by atoms with Crippen molar-refractivity contribution in [3.05, 3.63) is 54.0 Å². The van der Waals surface area contributed by atoms with Crippen LogP contribution in [0, 0.1) is 11.6 Å². The van der Waals surface area contributed by atoms with Crippen LogP contribution in [-0.2, 0) is 15.4 Å². The van der Waals surface area contributed by atoms with Crippen LogP contribution in [0.1, 0.15) is 26.3 Å². The summed E-state index contributed by atoms with van der Waals surface area (Å²) >= 11 is 0. The number of hydrogen-bond donors (Lipinski definition) is 2. The number of hydrogen-bond acceptors (Lipinski definition) is 8. The molecule has 1 aliphatic heterocycles. The van der Waals surface area contributed by atoms with E-state index in [0.717, 1.165) is 12.4 Å². The lowest BCUT2D eigenvalue weighted by atomic mass is 9.94. The van der Waals surface area contributed by atoms with Crippen LogP contribution in [0.2, 0.25) is 0 Å². The molecule has 3 aromatic heterocycles. The Morgan fingerprint density at radius 2 is 1.84 bits per heavy atom. The summed E-state index contributed by atoms with van der Waals surface area (Å²) in [5.74, 6) is -1.23. The monoisotopic (exact) mass is 446 g/mol. The quantitative estimate of drug-likeness (QED) is 0.634. The van der Waals surface area contributed by atoms with Crippen LogP contribution in [0.25, 0.3) is 10.9 Å². The van der Waals surface area contributed by atoms with E-state index in [2.05, 4.69) is 25.3 Å². The average molecular weight is 446 g/mol. The molecule has 162 valence electrons. The van der Waals surface area contributed by atoms with Crippen molar-refractivity contribution >= 4 is 38.2 Å². The predicted molar refractivity (Wildman–Crippen MR) is 114 cm³/mol. The number of rotatable bonds is 3. The lowest BCUT2D eigenvalue weighted by molar-refractivity contribution is 0.474. The van der Waals surface area contributed by atoms with E-state index < -0.39 is 37.5 Å². The molecule has 3 N–H and O–H groups in total. The number of nitrogens with zero attached hydrogens (tertiary/aromatic N) is 4. The number of aliphatic imine (C=N–C) groups is 1. The van der Waals surface area contributed by atoms with E-state index in [9.17, 15) is 17.2 Å². The molecule has 0 fully saturated rings. The molecule has 1 atom stereocenters. The van der Waals surface area contributed by atoms with Gasteiger partial charge in [-0.05, 0) is 39.0 Å². The number of halogens is 2. The molecule has 0 radical (unpaired) electrons. The molecule has 0 bridgehead atoms. The molecule has 0 aliphatic carbocycles. The number of sulfone groups is 1. The van der Waals surface area contributed by atoms with Crippen molar-refractivity contribution in [1.82, 2.24) is 15.0 Å². The Morgan fingerprint density at radius 1 is 1.10 bits per heavy atom. The van der Waals surface area contributed by atoms with Gasteiger partial charge in [-0.2, -0.15) is 0 Å². The summed E-state index contributed by atoms with van der Waals surface area (Å²) < 4.78 is 52.5. The standard InChI is InChI=1S/C20H20F2N6O2S/c1-19(2)18(23)28-20(3,10-31(19,29)30)13-7-15(25-9-14(13)22)27-17-16-11(4-5-24-17)6-12(21)8-26-16/h4-9H,10H2,1-3H3,(H2,23,28)(H,24,25,27)/t20-/m0/s1. The maximum absolute atomic E-state index is 14.7. The van der Waals surface area contributed by atoms with Gasteiger partial charge in [-0.3, -0.25) is 4.99 Å². The van der Waals surface area contributed by atoms with Gasteiger partial charge < -0.3 is 11.1 Å². The fraction of sp³-hybridized carbons (Fsp3) is 0.300. The number of amidine groups is 1. The third-order valence-corrected chi connectivity index (χ3v) is 8.19. The fourth-order valence-electron chi connectivity index (χ4n) is 3.45. The first kappa shape index (κ1) is 21.0. The lowest BCUT2D eigenvalue weighted by Crippen LogP contribution is -2.55. The maximum Gasteiger partial charge on any atom is 0.165 e. The molecule has 0 aromatic carbocycles. The van der Waals surface area contributed by atoms with Gasteiger partial charge in [0, 0.05) is 17.1 Å². The number of aromatic nitrogens is 3. The van der Waals surface area contributed by atoms with E-state index in [0.29, 0.717) is 10.9 Å². The first-order valence-corrected chi connectivity index (χ1v) is 11.0.